The monoisotopic (exact) mass is 272 g/mol. The van der Waals surface area contributed by atoms with E-state index in [2.05, 4.69) is 45.0 Å². The molecule has 0 aliphatic carbocycles. The van der Waals surface area contributed by atoms with Gasteiger partial charge in [0, 0.05) is 24.2 Å². The van der Waals surface area contributed by atoms with Crippen molar-refractivity contribution in [3.05, 3.63) is 47.4 Å². The van der Waals surface area contributed by atoms with E-state index in [0.717, 1.165) is 12.2 Å². The Morgan fingerprint density at radius 2 is 2.21 bits per heavy atom. The molecule has 0 amide bonds. The molecule has 0 bridgehead atoms. The van der Waals surface area contributed by atoms with E-state index in [1.54, 1.807) is 17.7 Å². The van der Waals surface area contributed by atoms with Gasteiger partial charge in [0.1, 0.15) is 12.2 Å². The average molecular weight is 272 g/mol. The molecular weight excluding hydrogens is 256 g/mol. The molecule has 19 heavy (non-hydrogen) atoms. The molecule has 1 N–H and O–H groups in total. The summed E-state index contributed by atoms with van der Waals surface area (Å²) in [6.45, 7) is 0. The zero-order chi connectivity index (χ0) is 13.2. The third kappa shape index (κ3) is 2.27. The van der Waals surface area contributed by atoms with Crippen molar-refractivity contribution in [1.82, 2.24) is 20.1 Å². The molecule has 98 valence electrons. The lowest BCUT2D eigenvalue weighted by Crippen LogP contribution is -2.20. The molecule has 0 spiro atoms. The largest absolute Gasteiger partial charge is 0.313 e. The highest BCUT2D eigenvalue weighted by Gasteiger charge is 2.16. The molecule has 0 fully saturated rings. The quantitative estimate of drug-likeness (QED) is 0.793. The Morgan fingerprint density at radius 1 is 1.37 bits per heavy atom. The minimum Gasteiger partial charge on any atom is -0.313 e. The molecule has 3 rings (SSSR count). The van der Waals surface area contributed by atoms with Gasteiger partial charge in [0.2, 0.25) is 0 Å². The number of fused-ring (bicyclic) bond motifs is 1. The van der Waals surface area contributed by atoms with Gasteiger partial charge in [-0.05, 0) is 29.4 Å². The minimum atomic E-state index is 0.263. The van der Waals surface area contributed by atoms with E-state index >= 15 is 0 Å². The van der Waals surface area contributed by atoms with Gasteiger partial charge in [-0.1, -0.05) is 18.2 Å². The summed E-state index contributed by atoms with van der Waals surface area (Å²) >= 11 is 1.79. The van der Waals surface area contributed by atoms with E-state index in [1.165, 1.54) is 15.6 Å². The molecule has 0 saturated carbocycles. The van der Waals surface area contributed by atoms with Gasteiger partial charge in [0.05, 0.1) is 0 Å². The van der Waals surface area contributed by atoms with Crippen LogP contribution in [0.25, 0.3) is 10.1 Å². The first-order valence-corrected chi connectivity index (χ1v) is 7.14. The fourth-order valence-corrected chi connectivity index (χ4v) is 3.34. The average Bonchev–Trinajstić information content (AvgIpc) is 3.03. The van der Waals surface area contributed by atoms with Gasteiger partial charge in [-0.15, -0.1) is 11.3 Å². The number of hydrogen-bond donors (Lipinski definition) is 1. The van der Waals surface area contributed by atoms with Crippen molar-refractivity contribution in [1.29, 1.82) is 0 Å². The summed E-state index contributed by atoms with van der Waals surface area (Å²) in [7, 11) is 3.92. The second kappa shape index (κ2) is 5.11. The van der Waals surface area contributed by atoms with E-state index in [9.17, 15) is 0 Å². The molecule has 0 aliphatic rings. The SMILES string of the molecule is CNC(Cc1ncnn1C)c1csc2ccccc12. The van der Waals surface area contributed by atoms with E-state index in [0.29, 0.717) is 0 Å². The van der Waals surface area contributed by atoms with Crippen molar-refractivity contribution in [2.45, 2.75) is 12.5 Å². The third-order valence-electron chi connectivity index (χ3n) is 3.43. The van der Waals surface area contributed by atoms with Gasteiger partial charge in [0.15, 0.2) is 0 Å². The number of benzene rings is 1. The van der Waals surface area contributed by atoms with Crippen LogP contribution >= 0.6 is 11.3 Å². The van der Waals surface area contributed by atoms with Gasteiger partial charge in [0.25, 0.3) is 0 Å². The number of rotatable bonds is 4. The van der Waals surface area contributed by atoms with Crippen molar-refractivity contribution in [2.75, 3.05) is 7.05 Å². The van der Waals surface area contributed by atoms with E-state index in [4.69, 9.17) is 0 Å². The Labute approximate surface area is 116 Å². The predicted octanol–water partition coefficient (Wildman–Crippen LogP) is 2.53. The molecule has 2 heterocycles. The van der Waals surface area contributed by atoms with Crippen LogP contribution < -0.4 is 5.32 Å². The van der Waals surface area contributed by atoms with Crippen molar-refractivity contribution >= 4 is 21.4 Å². The van der Waals surface area contributed by atoms with E-state index < -0.39 is 0 Å². The van der Waals surface area contributed by atoms with Crippen molar-refractivity contribution in [3.8, 4) is 0 Å². The van der Waals surface area contributed by atoms with Crippen LogP contribution in [-0.4, -0.2) is 21.8 Å². The highest BCUT2D eigenvalue weighted by molar-refractivity contribution is 7.17. The zero-order valence-corrected chi connectivity index (χ0v) is 11.8. The number of likely N-dealkylation sites (N-methyl/N-ethyl adjacent to an activating group) is 1. The standard InChI is InChI=1S/C14H16N4S/c1-15-12(7-14-16-9-17-18(14)2)11-8-19-13-6-4-3-5-10(11)13/h3-6,8-9,12,15H,7H2,1-2H3. The summed E-state index contributed by atoms with van der Waals surface area (Å²) < 4.78 is 3.16. The van der Waals surface area contributed by atoms with E-state index in [-0.39, 0.29) is 6.04 Å². The number of hydrogen-bond acceptors (Lipinski definition) is 4. The topological polar surface area (TPSA) is 42.7 Å². The van der Waals surface area contributed by atoms with Crippen molar-refractivity contribution in [3.63, 3.8) is 0 Å². The number of thiophene rings is 1. The number of aryl methyl sites for hydroxylation is 1. The van der Waals surface area contributed by atoms with Crippen LogP contribution in [0.1, 0.15) is 17.4 Å². The Kier molecular flexibility index (Phi) is 3.31. The Hall–Kier alpha value is -1.72. The maximum Gasteiger partial charge on any atom is 0.138 e. The molecule has 0 aliphatic heterocycles. The highest BCUT2D eigenvalue weighted by atomic mass is 32.1. The summed E-state index contributed by atoms with van der Waals surface area (Å²) in [6.07, 6.45) is 2.45. The Bertz CT molecular complexity index is 685. The van der Waals surface area contributed by atoms with Gasteiger partial charge < -0.3 is 5.32 Å². The van der Waals surface area contributed by atoms with Crippen molar-refractivity contribution in [2.24, 2.45) is 7.05 Å². The molecule has 2 aromatic heterocycles. The molecule has 1 unspecified atom stereocenters. The van der Waals surface area contributed by atoms with Gasteiger partial charge >= 0.3 is 0 Å². The zero-order valence-electron chi connectivity index (χ0n) is 11.0. The number of nitrogens with one attached hydrogen (secondary N) is 1. The van der Waals surface area contributed by atoms with Gasteiger partial charge in [-0.25, -0.2) is 4.98 Å². The summed E-state index contributed by atoms with van der Waals surface area (Å²) in [6, 6.07) is 8.78. The normalized spacial score (nSPS) is 12.9. The second-order valence-corrected chi connectivity index (χ2v) is 5.44. The fraction of sp³-hybridized carbons (Fsp3) is 0.286. The van der Waals surface area contributed by atoms with Crippen LogP contribution in [0.5, 0.6) is 0 Å². The van der Waals surface area contributed by atoms with Crippen LogP contribution in [0.15, 0.2) is 36.0 Å². The third-order valence-corrected chi connectivity index (χ3v) is 4.41. The molecule has 4 nitrogen and oxygen atoms in total. The van der Waals surface area contributed by atoms with Crippen LogP contribution in [0.4, 0.5) is 0 Å². The summed E-state index contributed by atoms with van der Waals surface area (Å²) in [5, 5.41) is 11.1. The lowest BCUT2D eigenvalue weighted by atomic mass is 10.0. The molecule has 0 saturated heterocycles. The molecule has 0 radical (unpaired) electrons. The fourth-order valence-electron chi connectivity index (χ4n) is 2.32. The molecular formula is C14H16N4S. The summed E-state index contributed by atoms with van der Waals surface area (Å²) in [4.78, 5) is 4.31. The smallest absolute Gasteiger partial charge is 0.138 e. The molecule has 1 atom stereocenters. The Balaban J connectivity index is 1.96. The van der Waals surface area contributed by atoms with Crippen LogP contribution in [0.3, 0.4) is 0 Å². The van der Waals surface area contributed by atoms with Gasteiger partial charge in [-0.2, -0.15) is 5.10 Å². The van der Waals surface area contributed by atoms with E-state index in [1.807, 2.05) is 18.8 Å². The lowest BCUT2D eigenvalue weighted by Gasteiger charge is -2.15. The Morgan fingerprint density at radius 3 is 2.95 bits per heavy atom. The first kappa shape index (κ1) is 12.3. The number of aromatic nitrogens is 3. The van der Waals surface area contributed by atoms with Crippen molar-refractivity contribution < 1.29 is 0 Å². The van der Waals surface area contributed by atoms with Crippen LogP contribution in [-0.2, 0) is 13.5 Å². The first-order valence-electron chi connectivity index (χ1n) is 6.26. The lowest BCUT2D eigenvalue weighted by molar-refractivity contribution is 0.557. The first-order chi connectivity index (χ1) is 9.29. The van der Waals surface area contributed by atoms with Gasteiger partial charge in [-0.3, -0.25) is 4.68 Å². The second-order valence-electron chi connectivity index (χ2n) is 4.53. The molecule has 5 heteroatoms. The minimum absolute atomic E-state index is 0.263. The predicted molar refractivity (Wildman–Crippen MR) is 78.3 cm³/mol. The molecule has 1 aromatic carbocycles. The summed E-state index contributed by atoms with van der Waals surface area (Å²) in [5.41, 5.74) is 1.34. The highest BCUT2D eigenvalue weighted by Crippen LogP contribution is 2.31. The number of nitrogens with zero attached hydrogens (tertiary/aromatic N) is 3. The van der Waals surface area contributed by atoms with Crippen LogP contribution in [0, 0.1) is 0 Å². The molecule has 3 aromatic rings. The van der Waals surface area contributed by atoms with Crippen LogP contribution in [0.2, 0.25) is 0 Å². The maximum absolute atomic E-state index is 4.31. The summed E-state index contributed by atoms with van der Waals surface area (Å²) in [5.74, 6) is 0.995. The maximum atomic E-state index is 4.31.